The zero-order valence-electron chi connectivity index (χ0n) is 15.5. The topological polar surface area (TPSA) is 51.9 Å². The van der Waals surface area contributed by atoms with E-state index in [0.29, 0.717) is 6.04 Å². The zero-order chi connectivity index (χ0) is 18.5. The van der Waals surface area contributed by atoms with Gasteiger partial charge in [-0.2, -0.15) is 5.10 Å². The van der Waals surface area contributed by atoms with Gasteiger partial charge in [-0.15, -0.1) is 11.3 Å². The van der Waals surface area contributed by atoms with Gasteiger partial charge in [0.05, 0.1) is 5.52 Å². The Bertz CT molecular complexity index is 1210. The number of piperidine rings is 1. The molecule has 0 saturated carbocycles. The first-order valence-electron chi connectivity index (χ1n) is 9.40. The van der Waals surface area contributed by atoms with Crippen molar-refractivity contribution in [2.24, 2.45) is 7.05 Å². The molecule has 5 nitrogen and oxygen atoms in total. The fourth-order valence-corrected chi connectivity index (χ4v) is 5.21. The van der Waals surface area contributed by atoms with Gasteiger partial charge in [0.15, 0.2) is 0 Å². The van der Waals surface area contributed by atoms with E-state index in [2.05, 4.69) is 41.6 Å². The van der Waals surface area contributed by atoms with Gasteiger partial charge in [-0.3, -0.25) is 9.48 Å². The van der Waals surface area contributed by atoms with Crippen molar-refractivity contribution in [3.8, 4) is 10.4 Å². The third-order valence-electron chi connectivity index (χ3n) is 5.50. The van der Waals surface area contributed by atoms with Gasteiger partial charge in [0.25, 0.3) is 5.56 Å². The number of thiophene rings is 1. The molecule has 1 aliphatic rings. The monoisotopic (exact) mass is 378 g/mol. The molecule has 0 aliphatic carbocycles. The van der Waals surface area contributed by atoms with E-state index in [9.17, 15) is 4.79 Å². The Morgan fingerprint density at radius 3 is 2.81 bits per heavy atom. The van der Waals surface area contributed by atoms with Crippen LogP contribution >= 0.6 is 11.3 Å². The number of nitrogens with zero attached hydrogens (tertiary/aromatic N) is 3. The Morgan fingerprint density at radius 2 is 2.00 bits per heavy atom. The molecule has 0 bridgehead atoms. The third kappa shape index (κ3) is 2.80. The van der Waals surface area contributed by atoms with Crippen LogP contribution in [-0.4, -0.2) is 27.4 Å². The Kier molecular flexibility index (Phi) is 3.91. The highest BCUT2D eigenvalue weighted by Gasteiger charge is 2.18. The van der Waals surface area contributed by atoms with Crippen molar-refractivity contribution in [3.05, 3.63) is 52.6 Å². The maximum atomic E-state index is 13.1. The Morgan fingerprint density at radius 1 is 1.19 bits per heavy atom. The molecule has 3 aromatic heterocycles. The van der Waals surface area contributed by atoms with Crippen LogP contribution in [-0.2, 0) is 7.05 Å². The molecule has 1 fully saturated rings. The molecule has 5 rings (SSSR count). The molecule has 4 aromatic rings. The van der Waals surface area contributed by atoms with E-state index in [-0.39, 0.29) is 5.56 Å². The normalized spacial score (nSPS) is 15.8. The molecule has 6 heteroatoms. The molecule has 1 aliphatic heterocycles. The van der Waals surface area contributed by atoms with E-state index in [1.54, 1.807) is 11.3 Å². The molecule has 138 valence electrons. The Labute approximate surface area is 161 Å². The average molecular weight is 379 g/mol. The van der Waals surface area contributed by atoms with Gasteiger partial charge in [-0.05, 0) is 68.2 Å². The van der Waals surface area contributed by atoms with Gasteiger partial charge in [0.1, 0.15) is 4.70 Å². The lowest BCUT2D eigenvalue weighted by Gasteiger charge is -2.24. The minimum atomic E-state index is 0.148. The first-order chi connectivity index (χ1) is 13.1. The van der Waals surface area contributed by atoms with Crippen LogP contribution in [0.3, 0.4) is 0 Å². The first kappa shape index (κ1) is 16.7. The van der Waals surface area contributed by atoms with Gasteiger partial charge < -0.3 is 9.88 Å². The van der Waals surface area contributed by atoms with Crippen LogP contribution in [0.4, 0.5) is 0 Å². The van der Waals surface area contributed by atoms with Gasteiger partial charge >= 0.3 is 0 Å². The fourth-order valence-electron chi connectivity index (χ4n) is 4.13. The highest BCUT2D eigenvalue weighted by molar-refractivity contribution is 7.22. The van der Waals surface area contributed by atoms with Crippen LogP contribution < -0.4 is 10.9 Å². The van der Waals surface area contributed by atoms with Crippen LogP contribution in [0, 0.1) is 6.92 Å². The second-order valence-electron chi connectivity index (χ2n) is 7.44. The molecule has 0 amide bonds. The highest BCUT2D eigenvalue weighted by Crippen LogP contribution is 2.34. The van der Waals surface area contributed by atoms with Crippen molar-refractivity contribution in [1.82, 2.24) is 19.7 Å². The summed E-state index contributed by atoms with van der Waals surface area (Å²) >= 11 is 1.60. The highest BCUT2D eigenvalue weighted by atomic mass is 32.1. The van der Waals surface area contributed by atoms with Crippen LogP contribution in [0.1, 0.15) is 24.4 Å². The summed E-state index contributed by atoms with van der Waals surface area (Å²) in [6.07, 6.45) is 6.05. The van der Waals surface area contributed by atoms with Gasteiger partial charge in [-0.1, -0.05) is 0 Å². The molecule has 4 heterocycles. The van der Waals surface area contributed by atoms with E-state index in [0.717, 1.165) is 62.9 Å². The maximum Gasteiger partial charge on any atom is 0.268 e. The molecule has 1 N–H and O–H groups in total. The number of rotatable bonds is 2. The van der Waals surface area contributed by atoms with Crippen LogP contribution in [0.2, 0.25) is 0 Å². The van der Waals surface area contributed by atoms with Crippen molar-refractivity contribution in [3.63, 3.8) is 0 Å². The number of hydrogen-bond donors (Lipinski definition) is 1. The first-order valence-corrected chi connectivity index (χ1v) is 10.2. The summed E-state index contributed by atoms with van der Waals surface area (Å²) in [4.78, 5) is 14.2. The maximum absolute atomic E-state index is 13.1. The molecule has 1 aromatic carbocycles. The number of aryl methyl sites for hydroxylation is 2. The zero-order valence-corrected chi connectivity index (χ0v) is 16.3. The minimum Gasteiger partial charge on any atom is -0.317 e. The van der Waals surface area contributed by atoms with Crippen molar-refractivity contribution in [2.45, 2.75) is 25.8 Å². The lowest BCUT2D eigenvalue weighted by molar-refractivity contribution is 0.362. The predicted octanol–water partition coefficient (Wildman–Crippen LogP) is 3.85. The number of fused-ring (bicyclic) bond motifs is 2. The number of nitrogens with one attached hydrogen (secondary N) is 1. The van der Waals surface area contributed by atoms with Crippen molar-refractivity contribution >= 4 is 32.3 Å². The van der Waals surface area contributed by atoms with Crippen LogP contribution in [0.15, 0.2) is 41.5 Å². The number of aromatic nitrogens is 3. The van der Waals surface area contributed by atoms with E-state index in [1.165, 1.54) is 0 Å². The molecule has 0 unspecified atom stereocenters. The largest absolute Gasteiger partial charge is 0.317 e. The molecular weight excluding hydrogens is 356 g/mol. The third-order valence-corrected chi connectivity index (χ3v) is 6.69. The lowest BCUT2D eigenvalue weighted by Crippen LogP contribution is -2.33. The van der Waals surface area contributed by atoms with E-state index in [1.807, 2.05) is 28.7 Å². The fraction of sp³-hybridized carbons (Fsp3) is 0.333. The van der Waals surface area contributed by atoms with Crippen LogP contribution in [0.25, 0.3) is 31.4 Å². The minimum absolute atomic E-state index is 0.148. The molecular formula is C21H22N4OS. The smallest absolute Gasteiger partial charge is 0.268 e. The molecule has 0 radical (unpaired) electrons. The van der Waals surface area contributed by atoms with Gasteiger partial charge in [0, 0.05) is 41.1 Å². The summed E-state index contributed by atoms with van der Waals surface area (Å²) in [6.45, 7) is 4.06. The number of hydrogen-bond acceptors (Lipinski definition) is 4. The standard InChI is InChI=1S/C21H22N4OS/c1-13-9-15(10-16-12-24(2)23-19(13)16)18-11-14-5-8-25(21(26)20(14)27-18)17-3-6-22-7-4-17/h5,8-12,17,22H,3-4,6-7H2,1-2H3. The summed E-state index contributed by atoms with van der Waals surface area (Å²) in [5.74, 6) is 0. The number of benzene rings is 1. The van der Waals surface area contributed by atoms with Crippen molar-refractivity contribution in [2.75, 3.05) is 13.1 Å². The molecule has 27 heavy (non-hydrogen) atoms. The summed E-state index contributed by atoms with van der Waals surface area (Å²) in [6, 6.07) is 8.89. The molecule has 0 atom stereocenters. The van der Waals surface area contributed by atoms with Crippen LogP contribution in [0.5, 0.6) is 0 Å². The predicted molar refractivity (Wildman–Crippen MR) is 112 cm³/mol. The number of pyridine rings is 1. The van der Waals surface area contributed by atoms with E-state index >= 15 is 0 Å². The average Bonchev–Trinajstić information content (AvgIpc) is 3.26. The van der Waals surface area contributed by atoms with Crippen molar-refractivity contribution in [1.29, 1.82) is 0 Å². The summed E-state index contributed by atoms with van der Waals surface area (Å²) in [7, 11) is 1.95. The summed E-state index contributed by atoms with van der Waals surface area (Å²) in [5, 5.41) is 10.1. The van der Waals surface area contributed by atoms with E-state index in [4.69, 9.17) is 0 Å². The van der Waals surface area contributed by atoms with Gasteiger partial charge in [-0.25, -0.2) is 0 Å². The molecule has 1 saturated heterocycles. The lowest BCUT2D eigenvalue weighted by atomic mass is 10.1. The Hall–Kier alpha value is -2.44. The SMILES string of the molecule is Cc1cc(-c2cc3ccn(C4CCNCC4)c(=O)c3s2)cc2cn(C)nc12. The summed E-state index contributed by atoms with van der Waals surface area (Å²) < 4.78 is 4.65. The van der Waals surface area contributed by atoms with Crippen molar-refractivity contribution < 1.29 is 0 Å². The second-order valence-corrected chi connectivity index (χ2v) is 8.49. The quantitative estimate of drug-likeness (QED) is 0.576. The van der Waals surface area contributed by atoms with E-state index < -0.39 is 0 Å². The second kappa shape index (κ2) is 6.32. The summed E-state index contributed by atoms with van der Waals surface area (Å²) in [5.41, 5.74) is 3.50. The Balaban J connectivity index is 1.62. The molecule has 0 spiro atoms. The van der Waals surface area contributed by atoms with Gasteiger partial charge in [0.2, 0.25) is 0 Å².